The van der Waals surface area contributed by atoms with Crippen molar-refractivity contribution in [2.45, 2.75) is 0 Å². The molecule has 0 spiro atoms. The van der Waals surface area contributed by atoms with Gasteiger partial charge in [-0.3, -0.25) is 0 Å². The van der Waals surface area contributed by atoms with Crippen molar-refractivity contribution in [1.82, 2.24) is 0 Å². The maximum atomic E-state index is 1.57. The largest absolute Gasteiger partial charge is 0 e. The molecule has 0 atom stereocenters. The summed E-state index contributed by atoms with van der Waals surface area (Å²) < 4.78 is 0. The molecule has 0 aromatic carbocycles. The summed E-state index contributed by atoms with van der Waals surface area (Å²) in [6.07, 6.45) is 0. The zero-order valence-corrected chi connectivity index (χ0v) is 13.5. The summed E-state index contributed by atoms with van der Waals surface area (Å²) in [5, 5.41) is 0. The van der Waals surface area contributed by atoms with E-state index in [4.69, 9.17) is 0 Å². The average Bonchev–Trinajstić information content (AvgIpc) is 1.00. The first-order chi connectivity index (χ1) is 1.00. The van der Waals surface area contributed by atoms with Gasteiger partial charge in [-0.05, 0) is 0 Å². The summed E-state index contributed by atoms with van der Waals surface area (Å²) in [5.74, 6) is 0. The minimum Gasteiger partial charge on any atom is 0 e. The smallest absolute Gasteiger partial charge is 0 e. The molecule has 0 aromatic rings. The van der Waals surface area contributed by atoms with Crippen molar-refractivity contribution >= 4 is 19.0 Å². The molecule has 0 nitrogen and oxygen atoms in total. The summed E-state index contributed by atoms with van der Waals surface area (Å²) >= 11 is 3.04. The summed E-state index contributed by atoms with van der Waals surface area (Å²) in [6.45, 7) is 0. The van der Waals surface area contributed by atoms with Gasteiger partial charge in [0.15, 0.2) is 0 Å². The molecule has 0 bridgehead atoms. The van der Waals surface area contributed by atoms with Gasteiger partial charge in [0.05, 0.1) is 0 Å². The van der Waals surface area contributed by atoms with E-state index in [1.807, 2.05) is 0 Å². The molecule has 4 heteroatoms. The van der Waals surface area contributed by atoms with Crippen LogP contribution in [0.2, 0.25) is 0 Å². The van der Waals surface area contributed by atoms with Crippen molar-refractivity contribution in [3.63, 3.8) is 0 Å². The van der Waals surface area contributed by atoms with Crippen LogP contribution in [0.5, 0.6) is 0 Å². The average molecular weight is 577 g/mol. The molecular formula is HNbSnTaW. The third-order valence-corrected chi connectivity index (χ3v) is 0. The van der Waals surface area contributed by atoms with Crippen molar-refractivity contribution in [1.29, 1.82) is 0 Å². The maximum Gasteiger partial charge on any atom is 0 e. The summed E-state index contributed by atoms with van der Waals surface area (Å²) in [5.41, 5.74) is 0. The van der Waals surface area contributed by atoms with Crippen molar-refractivity contribution in [3.05, 3.63) is 0 Å². The van der Waals surface area contributed by atoms with Gasteiger partial charge in [0.2, 0.25) is 0 Å². The molecule has 0 fully saturated rings. The van der Waals surface area contributed by atoms with Crippen LogP contribution in [0.25, 0.3) is 0 Å². The summed E-state index contributed by atoms with van der Waals surface area (Å²) in [7, 11) is 0. The van der Waals surface area contributed by atoms with E-state index in [1.54, 1.807) is 17.3 Å². The molecule has 21 valence electrons. The van der Waals surface area contributed by atoms with Crippen molar-refractivity contribution in [3.8, 4) is 0 Å². The Morgan fingerprint density at radius 2 is 1.25 bits per heavy atom. The van der Waals surface area contributed by atoms with Gasteiger partial charge < -0.3 is 0 Å². The van der Waals surface area contributed by atoms with Gasteiger partial charge in [-0.15, -0.1) is 0 Å². The van der Waals surface area contributed by atoms with E-state index < -0.39 is 0 Å². The molecule has 0 aliphatic rings. The molecular weight excluding hydrogens is 576 g/mol. The van der Waals surface area contributed by atoms with Crippen LogP contribution in [0.15, 0.2) is 0 Å². The predicted octanol–water partition coefficient (Wildman–Crippen LogP) is -0.656. The SMILES string of the molecule is [Nb].[SnH][Ta].[W]. The number of hydrogen-bond acceptors (Lipinski definition) is 0. The van der Waals surface area contributed by atoms with Crippen LogP contribution >= 0.6 is 0 Å². The second kappa shape index (κ2) is 16.7. The zero-order chi connectivity index (χ0) is 2.00. The normalized spacial score (nSPS) is 1.25. The first kappa shape index (κ1) is 15.8. The summed E-state index contributed by atoms with van der Waals surface area (Å²) in [4.78, 5) is 0. The molecule has 0 heterocycles. The fourth-order valence-electron chi connectivity index (χ4n) is 0. The number of hydrogen-bond donors (Lipinski definition) is 0. The maximum absolute atomic E-state index is 1.57. The Morgan fingerprint density at radius 3 is 1.25 bits per heavy atom. The van der Waals surface area contributed by atoms with E-state index in [9.17, 15) is 0 Å². The monoisotopic (exact) mass is 579 g/mol. The van der Waals surface area contributed by atoms with E-state index in [2.05, 4.69) is 0 Å². The van der Waals surface area contributed by atoms with E-state index in [1.165, 1.54) is 19.0 Å². The van der Waals surface area contributed by atoms with Gasteiger partial charge in [-0.2, -0.15) is 0 Å². The Kier molecular flexibility index (Phi) is 65.9. The van der Waals surface area contributed by atoms with Gasteiger partial charge >= 0.3 is 36.2 Å². The van der Waals surface area contributed by atoms with Crippen molar-refractivity contribution in [2.75, 3.05) is 0 Å². The Balaban J connectivity index is -0.00000000500. The first-order valence-corrected chi connectivity index (χ1v) is 14.2. The minimum absolute atomic E-state index is 0. The van der Waals surface area contributed by atoms with Gasteiger partial charge in [-0.1, -0.05) is 0 Å². The Labute approximate surface area is 78.0 Å². The van der Waals surface area contributed by atoms with Crippen LogP contribution in [-0.2, 0) is 60.7 Å². The first-order valence-electron chi connectivity index (χ1n) is 0.258. The summed E-state index contributed by atoms with van der Waals surface area (Å²) in [6, 6.07) is 0. The van der Waals surface area contributed by atoms with Crippen LogP contribution in [0.4, 0.5) is 0 Å². The second-order valence-electron chi connectivity index (χ2n) is 0. The molecule has 0 aliphatic carbocycles. The van der Waals surface area contributed by atoms with Crippen LogP contribution in [0.1, 0.15) is 0 Å². The molecule has 0 aliphatic heterocycles. The molecule has 0 saturated carbocycles. The van der Waals surface area contributed by atoms with Crippen LogP contribution in [-0.4, -0.2) is 19.0 Å². The van der Waals surface area contributed by atoms with Crippen molar-refractivity contribution in [2.24, 2.45) is 0 Å². The quantitative estimate of drug-likeness (QED) is 0.336. The van der Waals surface area contributed by atoms with E-state index >= 15 is 0 Å². The van der Waals surface area contributed by atoms with Gasteiger partial charge in [0, 0.05) is 43.4 Å². The second-order valence-corrected chi connectivity index (χ2v) is 0. The third-order valence-electron chi connectivity index (χ3n) is 0. The van der Waals surface area contributed by atoms with Crippen molar-refractivity contribution < 1.29 is 60.7 Å². The predicted molar refractivity (Wildman–Crippen MR) is 7.15 cm³/mol. The molecule has 0 amide bonds. The minimum atomic E-state index is 0. The molecule has 0 rings (SSSR count). The standard InChI is InChI=1S/Nb.Sn.Ta.W.H. The molecule has 0 saturated heterocycles. The van der Waals surface area contributed by atoms with E-state index in [0.29, 0.717) is 0 Å². The van der Waals surface area contributed by atoms with E-state index in [-0.39, 0.29) is 43.4 Å². The Bertz CT molecular complexity index is 8.00. The zero-order valence-electron chi connectivity index (χ0n) is 1.88. The molecule has 3 radical (unpaired) electrons. The van der Waals surface area contributed by atoms with Gasteiger partial charge in [-0.25, -0.2) is 0 Å². The molecule has 0 unspecified atom stereocenters. The Hall–Kier alpha value is 2.97. The fourth-order valence-corrected chi connectivity index (χ4v) is 0. The fraction of sp³-hybridized carbons (Fsp3) is 0. The topological polar surface area (TPSA) is 0 Å². The van der Waals surface area contributed by atoms with Crippen LogP contribution in [0.3, 0.4) is 0 Å². The number of rotatable bonds is 0. The molecule has 0 N–H and O–H groups in total. The van der Waals surface area contributed by atoms with Crippen LogP contribution < -0.4 is 0 Å². The molecule has 0 aromatic heterocycles. The molecule has 4 heavy (non-hydrogen) atoms. The Morgan fingerprint density at radius 1 is 1.25 bits per heavy atom. The van der Waals surface area contributed by atoms with E-state index in [0.717, 1.165) is 0 Å². The van der Waals surface area contributed by atoms with Crippen LogP contribution in [0, 0.1) is 0 Å². The van der Waals surface area contributed by atoms with Gasteiger partial charge in [0.25, 0.3) is 0 Å². The third kappa shape index (κ3) is 8.88. The van der Waals surface area contributed by atoms with Gasteiger partial charge in [0.1, 0.15) is 0 Å².